The quantitative estimate of drug-likeness (QED) is 0.439. The lowest BCUT2D eigenvalue weighted by Gasteiger charge is -2.19. The fraction of sp³-hybridized carbons (Fsp3) is 0.600. The smallest absolute Gasteiger partial charge is 0.251 e. The van der Waals surface area contributed by atoms with Gasteiger partial charge in [-0.2, -0.15) is 0 Å². The third-order valence-electron chi connectivity index (χ3n) is 4.59. The summed E-state index contributed by atoms with van der Waals surface area (Å²) in [6.07, 6.45) is 3.52. The first-order valence-electron chi connectivity index (χ1n) is 9.75. The van der Waals surface area contributed by atoms with E-state index in [-0.39, 0.29) is 5.91 Å². The average molecular weight is 360 g/mol. The third kappa shape index (κ3) is 6.67. The molecule has 0 heterocycles. The number of hydrogen-bond donors (Lipinski definition) is 3. The molecule has 0 unspecified atom stereocenters. The third-order valence-corrected chi connectivity index (χ3v) is 4.59. The number of aliphatic imine (C=N–C) groups is 1. The minimum Gasteiger partial charge on any atom is -0.357 e. The van der Waals surface area contributed by atoms with Gasteiger partial charge in [-0.25, -0.2) is 0 Å². The molecule has 2 rings (SSSR count). The van der Waals surface area contributed by atoms with Crippen LogP contribution in [0.25, 0.3) is 0 Å². The summed E-state index contributed by atoms with van der Waals surface area (Å²) in [5, 5.41) is 9.35. The number of hydrogen-bond acceptors (Lipinski definition) is 3. The molecule has 1 saturated carbocycles. The van der Waals surface area contributed by atoms with Gasteiger partial charge in [-0.05, 0) is 50.4 Å². The number of carbonyl (C=O) groups excluding carboxylic acids is 1. The highest BCUT2D eigenvalue weighted by atomic mass is 16.1. The minimum atomic E-state index is -0.0501. The Balaban J connectivity index is 1.80. The number of likely N-dealkylation sites (N-methyl/N-ethyl adjacent to an activating group) is 1. The Morgan fingerprint density at radius 2 is 2.08 bits per heavy atom. The van der Waals surface area contributed by atoms with E-state index in [2.05, 4.69) is 34.7 Å². The monoisotopic (exact) mass is 359 g/mol. The molecule has 3 N–H and O–H groups in total. The SMILES string of the molecule is CCNC(=NCCN(CC)C1CC1)NCCc1cccc(C(=O)NC)c1. The summed E-state index contributed by atoms with van der Waals surface area (Å²) in [7, 11) is 1.65. The topological polar surface area (TPSA) is 68.8 Å². The Hall–Kier alpha value is -2.08. The molecule has 0 saturated heterocycles. The van der Waals surface area contributed by atoms with Crippen LogP contribution in [0, 0.1) is 0 Å². The van der Waals surface area contributed by atoms with Gasteiger partial charge in [0.25, 0.3) is 5.91 Å². The summed E-state index contributed by atoms with van der Waals surface area (Å²) in [4.78, 5) is 18.9. The maximum Gasteiger partial charge on any atom is 0.251 e. The molecule has 1 aliphatic carbocycles. The summed E-state index contributed by atoms with van der Waals surface area (Å²) < 4.78 is 0. The van der Waals surface area contributed by atoms with Gasteiger partial charge in [0.05, 0.1) is 6.54 Å². The zero-order chi connectivity index (χ0) is 18.8. The molecule has 6 nitrogen and oxygen atoms in total. The van der Waals surface area contributed by atoms with E-state index in [1.165, 1.54) is 12.8 Å². The van der Waals surface area contributed by atoms with Crippen molar-refractivity contribution in [2.24, 2.45) is 4.99 Å². The molecule has 0 bridgehead atoms. The van der Waals surface area contributed by atoms with Crippen molar-refractivity contribution in [3.05, 3.63) is 35.4 Å². The molecule has 0 aliphatic heterocycles. The van der Waals surface area contributed by atoms with Crippen molar-refractivity contribution in [2.45, 2.75) is 39.2 Å². The van der Waals surface area contributed by atoms with E-state index < -0.39 is 0 Å². The fourth-order valence-corrected chi connectivity index (χ4v) is 3.01. The number of guanidine groups is 1. The van der Waals surface area contributed by atoms with E-state index in [0.29, 0.717) is 5.56 Å². The summed E-state index contributed by atoms with van der Waals surface area (Å²) in [6.45, 7) is 8.86. The Bertz CT molecular complexity index is 598. The number of amides is 1. The van der Waals surface area contributed by atoms with Crippen LogP contribution in [0.2, 0.25) is 0 Å². The van der Waals surface area contributed by atoms with E-state index in [4.69, 9.17) is 4.99 Å². The van der Waals surface area contributed by atoms with Crippen molar-refractivity contribution in [1.82, 2.24) is 20.9 Å². The second kappa shape index (κ2) is 10.8. The lowest BCUT2D eigenvalue weighted by Crippen LogP contribution is -2.39. The summed E-state index contributed by atoms with van der Waals surface area (Å²) in [5.41, 5.74) is 1.84. The van der Waals surface area contributed by atoms with Crippen LogP contribution in [-0.4, -0.2) is 62.6 Å². The van der Waals surface area contributed by atoms with Crippen molar-refractivity contribution in [3.63, 3.8) is 0 Å². The zero-order valence-electron chi connectivity index (χ0n) is 16.3. The number of nitrogens with zero attached hydrogens (tertiary/aromatic N) is 2. The fourth-order valence-electron chi connectivity index (χ4n) is 3.01. The normalized spacial score (nSPS) is 14.4. The molecule has 1 amide bonds. The first-order valence-corrected chi connectivity index (χ1v) is 9.75. The standard InChI is InChI=1S/C20H33N5O/c1-4-22-20(24-13-14-25(5-2)18-9-10-18)23-12-11-16-7-6-8-17(15-16)19(26)21-3/h6-8,15,18H,4-5,9-14H2,1-3H3,(H,21,26)(H2,22,23,24). The highest BCUT2D eigenvalue weighted by Crippen LogP contribution is 2.25. The van der Waals surface area contributed by atoms with Crippen molar-refractivity contribution in [3.8, 4) is 0 Å². The molecule has 6 heteroatoms. The second-order valence-corrected chi connectivity index (χ2v) is 6.58. The molecule has 0 atom stereocenters. The first kappa shape index (κ1) is 20.2. The van der Waals surface area contributed by atoms with Gasteiger partial charge in [-0.15, -0.1) is 0 Å². The van der Waals surface area contributed by atoms with Crippen LogP contribution in [0.1, 0.15) is 42.6 Å². The average Bonchev–Trinajstić information content (AvgIpc) is 3.50. The molecule has 0 aromatic heterocycles. The van der Waals surface area contributed by atoms with Gasteiger partial charge in [0, 0.05) is 38.3 Å². The Morgan fingerprint density at radius 1 is 1.27 bits per heavy atom. The number of rotatable bonds is 10. The lowest BCUT2D eigenvalue weighted by atomic mass is 10.1. The van der Waals surface area contributed by atoms with E-state index >= 15 is 0 Å². The first-order chi connectivity index (χ1) is 12.7. The largest absolute Gasteiger partial charge is 0.357 e. The van der Waals surface area contributed by atoms with Crippen LogP contribution in [0.15, 0.2) is 29.3 Å². The van der Waals surface area contributed by atoms with Gasteiger partial charge in [-0.1, -0.05) is 19.1 Å². The zero-order valence-corrected chi connectivity index (χ0v) is 16.3. The van der Waals surface area contributed by atoms with Crippen LogP contribution < -0.4 is 16.0 Å². The van der Waals surface area contributed by atoms with E-state index in [0.717, 1.165) is 56.7 Å². The van der Waals surface area contributed by atoms with Crippen LogP contribution in [0.3, 0.4) is 0 Å². The molecule has 1 aliphatic rings. The number of nitrogens with one attached hydrogen (secondary N) is 3. The Kier molecular flexibility index (Phi) is 8.41. The van der Waals surface area contributed by atoms with Crippen LogP contribution >= 0.6 is 0 Å². The summed E-state index contributed by atoms with van der Waals surface area (Å²) >= 11 is 0. The molecule has 1 aromatic rings. The summed E-state index contributed by atoms with van der Waals surface area (Å²) in [6, 6.07) is 8.54. The van der Waals surface area contributed by atoms with Crippen LogP contribution in [0.4, 0.5) is 0 Å². The second-order valence-electron chi connectivity index (χ2n) is 6.58. The molecule has 1 fully saturated rings. The number of benzene rings is 1. The van der Waals surface area contributed by atoms with Gasteiger partial charge in [0.1, 0.15) is 0 Å². The van der Waals surface area contributed by atoms with Gasteiger partial charge in [0.15, 0.2) is 5.96 Å². The van der Waals surface area contributed by atoms with Crippen LogP contribution in [-0.2, 0) is 6.42 Å². The predicted molar refractivity (Wildman–Crippen MR) is 108 cm³/mol. The lowest BCUT2D eigenvalue weighted by molar-refractivity contribution is 0.0963. The van der Waals surface area contributed by atoms with E-state index in [1.807, 2.05) is 24.3 Å². The van der Waals surface area contributed by atoms with Crippen molar-refractivity contribution in [2.75, 3.05) is 39.8 Å². The van der Waals surface area contributed by atoms with Gasteiger partial charge in [0.2, 0.25) is 0 Å². The molecular weight excluding hydrogens is 326 g/mol. The van der Waals surface area contributed by atoms with Gasteiger partial charge < -0.3 is 16.0 Å². The van der Waals surface area contributed by atoms with Crippen molar-refractivity contribution < 1.29 is 4.79 Å². The molecule has 1 aromatic carbocycles. The molecule has 0 radical (unpaired) electrons. The number of carbonyl (C=O) groups is 1. The van der Waals surface area contributed by atoms with Gasteiger partial charge >= 0.3 is 0 Å². The maximum atomic E-state index is 11.7. The summed E-state index contributed by atoms with van der Waals surface area (Å²) in [5.74, 6) is 0.813. The van der Waals surface area contributed by atoms with Crippen LogP contribution in [0.5, 0.6) is 0 Å². The Morgan fingerprint density at radius 3 is 2.73 bits per heavy atom. The van der Waals surface area contributed by atoms with Gasteiger partial charge in [-0.3, -0.25) is 14.7 Å². The van der Waals surface area contributed by atoms with E-state index in [9.17, 15) is 4.79 Å². The Labute approximate surface area is 157 Å². The highest BCUT2D eigenvalue weighted by molar-refractivity contribution is 5.94. The molecular formula is C20H33N5O. The highest BCUT2D eigenvalue weighted by Gasteiger charge is 2.27. The van der Waals surface area contributed by atoms with E-state index in [1.54, 1.807) is 7.05 Å². The predicted octanol–water partition coefficient (Wildman–Crippen LogP) is 1.63. The minimum absolute atomic E-state index is 0.0501. The molecule has 144 valence electrons. The molecule has 0 spiro atoms. The van der Waals surface area contributed by atoms with Crippen molar-refractivity contribution in [1.29, 1.82) is 0 Å². The maximum absolute atomic E-state index is 11.7. The van der Waals surface area contributed by atoms with Crippen molar-refractivity contribution >= 4 is 11.9 Å². The molecule has 26 heavy (non-hydrogen) atoms.